The molecule has 2 rings (SSSR count). The number of hydrogen-bond acceptors (Lipinski definition) is 10. The van der Waals surface area contributed by atoms with Crippen LogP contribution in [0.1, 0.15) is 67.1 Å². The number of carbonyl (C=O) groups excluding carboxylic acids is 4. The van der Waals surface area contributed by atoms with Crippen molar-refractivity contribution in [3.8, 4) is 0 Å². The van der Waals surface area contributed by atoms with E-state index in [2.05, 4.69) is 148 Å². The molecule has 0 heterocycles. The van der Waals surface area contributed by atoms with Crippen LogP contribution in [0, 0.1) is 0 Å². The van der Waals surface area contributed by atoms with Crippen LogP contribution in [0.3, 0.4) is 0 Å². The molecule has 2 aromatic carbocycles. The summed E-state index contributed by atoms with van der Waals surface area (Å²) in [6, 6.07) is 0. The maximum absolute atomic E-state index is 11.6. The highest BCUT2D eigenvalue weighted by atomic mass is 79.9. The number of aromatic carboxylic acids is 2. The fourth-order valence-corrected chi connectivity index (χ4v) is 7.82. The smallest absolute Gasteiger partial charge is 0.339 e. The summed E-state index contributed by atoms with van der Waals surface area (Å²) in [6.45, 7) is 2.19. The molecule has 8 N–H and O–H groups in total. The first-order chi connectivity index (χ1) is 21.6. The molecule has 262 valence electrons. The van der Waals surface area contributed by atoms with Crippen molar-refractivity contribution in [2.75, 3.05) is 41.5 Å². The van der Waals surface area contributed by atoms with Crippen LogP contribution in [0.15, 0.2) is 35.8 Å². The van der Waals surface area contributed by atoms with Crippen molar-refractivity contribution in [2.45, 2.75) is 25.7 Å². The number of rotatable bonds is 9. The monoisotopic (exact) mass is 1160 g/mol. The molecule has 0 fully saturated rings. The summed E-state index contributed by atoms with van der Waals surface area (Å²) >= 11 is 25.3. The van der Waals surface area contributed by atoms with Gasteiger partial charge >= 0.3 is 11.9 Å². The molecule has 0 radical (unpaired) electrons. The minimum atomic E-state index is -1.48. The lowest BCUT2D eigenvalue weighted by molar-refractivity contribution is -0.371. The van der Waals surface area contributed by atoms with Crippen LogP contribution in [0.2, 0.25) is 0 Å². The molecular weight excluding hydrogens is 1140 g/mol. The molecular formula is C26H32Br8N2O10. The number of carboxylic acid groups (broad SMARTS) is 2. The maximum Gasteiger partial charge on any atom is 0.339 e. The van der Waals surface area contributed by atoms with Gasteiger partial charge in [0.15, 0.2) is 0 Å². The van der Waals surface area contributed by atoms with E-state index >= 15 is 0 Å². The molecule has 0 amide bonds. The van der Waals surface area contributed by atoms with E-state index in [9.17, 15) is 29.4 Å². The highest BCUT2D eigenvalue weighted by molar-refractivity contribution is 9.15. The van der Waals surface area contributed by atoms with Crippen LogP contribution in [-0.4, -0.2) is 75.6 Å². The molecule has 0 aliphatic rings. The molecule has 0 atom stereocenters. The SMILES string of the molecule is CO.CO.COC(=O)c1c(Br)c(Br)c(Br)c(Br)c1C(=O)[O-].COC(=O)c1c(Br)c(Br)c(Br)c(Br)c1C(=O)[O-].[NH3+]CCCCCC[NH3+]. The predicted octanol–water partition coefficient (Wildman–Crippen LogP) is 4.02. The van der Waals surface area contributed by atoms with Crippen molar-refractivity contribution in [2.24, 2.45) is 0 Å². The van der Waals surface area contributed by atoms with Crippen molar-refractivity contribution in [3.63, 3.8) is 0 Å². The van der Waals surface area contributed by atoms with E-state index < -0.39 is 23.9 Å². The third-order valence-electron chi connectivity index (χ3n) is 4.97. The Labute approximate surface area is 333 Å². The lowest BCUT2D eigenvalue weighted by atomic mass is 10.1. The van der Waals surface area contributed by atoms with Gasteiger partial charge in [0.25, 0.3) is 0 Å². The summed E-state index contributed by atoms with van der Waals surface area (Å²) in [7, 11) is 4.33. The summed E-state index contributed by atoms with van der Waals surface area (Å²) in [5, 5.41) is 36.1. The molecule has 0 aliphatic carbocycles. The average Bonchev–Trinajstić information content (AvgIpc) is 3.05. The van der Waals surface area contributed by atoms with Gasteiger partial charge in [-0.1, -0.05) is 0 Å². The number of hydrogen-bond donors (Lipinski definition) is 4. The largest absolute Gasteiger partial charge is 0.545 e. The van der Waals surface area contributed by atoms with Gasteiger partial charge in [0, 0.05) is 61.1 Å². The third-order valence-corrected chi connectivity index (χ3v) is 14.5. The van der Waals surface area contributed by atoms with Crippen LogP contribution in [0.4, 0.5) is 0 Å². The van der Waals surface area contributed by atoms with Crippen LogP contribution in [0.25, 0.3) is 0 Å². The molecule has 0 spiro atoms. The zero-order valence-corrected chi connectivity index (χ0v) is 37.5. The highest BCUT2D eigenvalue weighted by Crippen LogP contribution is 2.43. The number of halogens is 8. The Hall–Kier alpha value is -0.000000000000000375. The molecule has 0 bridgehead atoms. The second-order valence-corrected chi connectivity index (χ2v) is 14.0. The van der Waals surface area contributed by atoms with Gasteiger partial charge in [-0.2, -0.15) is 0 Å². The van der Waals surface area contributed by atoms with Crippen LogP contribution in [-0.2, 0) is 9.47 Å². The van der Waals surface area contributed by atoms with E-state index in [0.29, 0.717) is 17.9 Å². The summed E-state index contributed by atoms with van der Waals surface area (Å²) < 4.78 is 11.9. The molecule has 0 saturated heterocycles. The number of aliphatic hydroxyl groups is 2. The van der Waals surface area contributed by atoms with Gasteiger partial charge in [0.1, 0.15) is 0 Å². The second kappa shape index (κ2) is 27.8. The topological polar surface area (TPSA) is 229 Å². The summed E-state index contributed by atoms with van der Waals surface area (Å²) in [6.07, 6.45) is 5.28. The Kier molecular flexibility index (Phi) is 30.4. The minimum Gasteiger partial charge on any atom is -0.545 e. The van der Waals surface area contributed by atoms with Gasteiger partial charge in [0.2, 0.25) is 0 Å². The quantitative estimate of drug-likeness (QED) is 0.122. The fraction of sp³-hybridized carbons (Fsp3) is 0.385. The molecule has 0 aromatic heterocycles. The van der Waals surface area contributed by atoms with Gasteiger partial charge < -0.3 is 51.0 Å². The van der Waals surface area contributed by atoms with Gasteiger partial charge in [0.05, 0.1) is 50.4 Å². The zero-order valence-electron chi connectivity index (χ0n) is 24.8. The highest BCUT2D eigenvalue weighted by Gasteiger charge is 2.26. The summed E-state index contributed by atoms with van der Waals surface area (Å²) in [5.41, 5.74) is 6.75. The third kappa shape index (κ3) is 15.3. The Morgan fingerprint density at radius 2 is 0.717 bits per heavy atom. The van der Waals surface area contributed by atoms with E-state index in [1.807, 2.05) is 0 Å². The molecule has 0 aliphatic heterocycles. The maximum atomic E-state index is 11.6. The van der Waals surface area contributed by atoms with Gasteiger partial charge in [-0.15, -0.1) is 0 Å². The van der Waals surface area contributed by atoms with E-state index in [1.165, 1.54) is 25.7 Å². The Bertz CT molecular complexity index is 1230. The first kappa shape index (κ1) is 50.4. The molecule has 46 heavy (non-hydrogen) atoms. The number of benzene rings is 2. The van der Waals surface area contributed by atoms with Crippen molar-refractivity contribution in [1.29, 1.82) is 0 Å². The van der Waals surface area contributed by atoms with Crippen LogP contribution >= 0.6 is 127 Å². The number of esters is 2. The number of methoxy groups -OCH3 is 2. The van der Waals surface area contributed by atoms with Crippen LogP contribution < -0.4 is 21.7 Å². The number of unbranched alkanes of at least 4 members (excludes halogenated alkanes) is 3. The molecule has 0 unspecified atom stereocenters. The minimum absolute atomic E-state index is 0.116. The zero-order chi connectivity index (χ0) is 36.9. The van der Waals surface area contributed by atoms with E-state index in [0.717, 1.165) is 41.5 Å². The van der Waals surface area contributed by atoms with Gasteiger partial charge in [-0.3, -0.25) is 0 Å². The first-order valence-corrected chi connectivity index (χ1v) is 18.7. The van der Waals surface area contributed by atoms with Crippen molar-refractivity contribution in [1.82, 2.24) is 0 Å². The number of ether oxygens (including phenoxy) is 2. The number of quaternary nitrogens is 2. The van der Waals surface area contributed by atoms with Crippen molar-refractivity contribution < 1.29 is 60.5 Å². The number of carbonyl (C=O) groups is 4. The Morgan fingerprint density at radius 3 is 0.891 bits per heavy atom. The van der Waals surface area contributed by atoms with Gasteiger partial charge in [-0.25, -0.2) is 9.59 Å². The molecule has 12 nitrogen and oxygen atoms in total. The number of aliphatic hydroxyl groups excluding tert-OH is 2. The lowest BCUT2D eigenvalue weighted by Gasteiger charge is -2.16. The fourth-order valence-electron chi connectivity index (χ4n) is 2.94. The van der Waals surface area contributed by atoms with E-state index in [4.69, 9.17) is 10.2 Å². The normalized spacial score (nSPS) is 9.48. The van der Waals surface area contributed by atoms with Crippen molar-refractivity contribution in [3.05, 3.63) is 58.0 Å². The van der Waals surface area contributed by atoms with Crippen LogP contribution in [0.5, 0.6) is 0 Å². The first-order valence-electron chi connectivity index (χ1n) is 12.4. The standard InChI is InChI=1S/2C9H4Br4O4.C6H16N2.2CH4O/c2*1-17-9(16)3-2(8(14)15)4(10)6(12)7(13)5(3)11;7-5-3-1-2-4-6-8;2*1-2/h2*1H3,(H,14,15);1-8H2;2*2H,1H3. The Balaban J connectivity index is -0.000000603. The van der Waals surface area contributed by atoms with Crippen molar-refractivity contribution >= 4 is 151 Å². The van der Waals surface area contributed by atoms with E-state index in [-0.39, 0.29) is 40.1 Å². The number of carboxylic acids is 2. The molecule has 20 heteroatoms. The summed E-state index contributed by atoms with van der Waals surface area (Å²) in [4.78, 5) is 45.3. The predicted molar refractivity (Wildman–Crippen MR) is 196 cm³/mol. The van der Waals surface area contributed by atoms with E-state index in [1.54, 1.807) is 0 Å². The second-order valence-electron chi connectivity index (χ2n) is 7.69. The molecule has 2 aromatic rings. The average molecular weight is 1170 g/mol. The Morgan fingerprint density at radius 1 is 0.500 bits per heavy atom. The van der Waals surface area contributed by atoms with Gasteiger partial charge in [-0.05, 0) is 153 Å². The lowest BCUT2D eigenvalue weighted by Crippen LogP contribution is -2.50. The summed E-state index contributed by atoms with van der Waals surface area (Å²) in [5.74, 6) is -4.51. The molecule has 0 saturated carbocycles.